The number of aryl methyl sites for hydroxylation is 1. The van der Waals surface area contributed by atoms with Crippen molar-refractivity contribution in [2.45, 2.75) is 12.8 Å². The van der Waals surface area contributed by atoms with E-state index >= 15 is 0 Å². The summed E-state index contributed by atoms with van der Waals surface area (Å²) in [6.07, 6.45) is 2.41. The van der Waals surface area contributed by atoms with Crippen molar-refractivity contribution >= 4 is 23.3 Å². The summed E-state index contributed by atoms with van der Waals surface area (Å²) < 4.78 is 4.98. The molecule has 0 aliphatic carbocycles. The number of anilines is 2. The summed E-state index contributed by atoms with van der Waals surface area (Å²) >= 11 is 0. The number of aromatic nitrogens is 2. The molecule has 23 heavy (non-hydrogen) atoms. The third kappa shape index (κ3) is 3.28. The smallest absolute Gasteiger partial charge is 0.245 e. The Labute approximate surface area is 133 Å². The van der Waals surface area contributed by atoms with E-state index in [1.807, 2.05) is 24.3 Å². The van der Waals surface area contributed by atoms with Gasteiger partial charge in [0.25, 0.3) is 0 Å². The maximum atomic E-state index is 12.2. The molecule has 1 aromatic heterocycles. The molecule has 0 atom stereocenters. The van der Waals surface area contributed by atoms with Crippen LogP contribution in [0.15, 0.2) is 36.7 Å². The SMILES string of the molecule is COc1cc(NC(=O)CN2C(=O)CCc3ccccc32)ncn1. The summed E-state index contributed by atoms with van der Waals surface area (Å²) in [6.45, 7) is -0.0534. The molecule has 7 nitrogen and oxygen atoms in total. The van der Waals surface area contributed by atoms with Gasteiger partial charge in [-0.2, -0.15) is 0 Å². The van der Waals surface area contributed by atoms with E-state index < -0.39 is 0 Å². The lowest BCUT2D eigenvalue weighted by molar-refractivity contribution is -0.121. The lowest BCUT2D eigenvalue weighted by Crippen LogP contribution is -2.40. The Morgan fingerprint density at radius 2 is 2.13 bits per heavy atom. The number of carbonyl (C=O) groups is 2. The first-order valence-electron chi connectivity index (χ1n) is 7.21. The second-order valence-corrected chi connectivity index (χ2v) is 5.10. The summed E-state index contributed by atoms with van der Waals surface area (Å²) in [5, 5.41) is 2.65. The fourth-order valence-electron chi connectivity index (χ4n) is 2.52. The zero-order valence-electron chi connectivity index (χ0n) is 12.7. The van der Waals surface area contributed by atoms with Gasteiger partial charge in [-0.25, -0.2) is 9.97 Å². The van der Waals surface area contributed by atoms with Crippen LogP contribution in [0.1, 0.15) is 12.0 Å². The van der Waals surface area contributed by atoms with E-state index in [0.717, 1.165) is 11.3 Å². The Morgan fingerprint density at radius 3 is 2.96 bits per heavy atom. The van der Waals surface area contributed by atoms with Gasteiger partial charge in [-0.05, 0) is 18.1 Å². The van der Waals surface area contributed by atoms with Gasteiger partial charge in [-0.3, -0.25) is 9.59 Å². The summed E-state index contributed by atoms with van der Waals surface area (Å²) in [7, 11) is 1.48. The maximum Gasteiger partial charge on any atom is 0.245 e. The minimum absolute atomic E-state index is 0.0534. The number of hydrogen-bond donors (Lipinski definition) is 1. The fraction of sp³-hybridized carbons (Fsp3) is 0.250. The van der Waals surface area contributed by atoms with E-state index in [1.54, 1.807) is 0 Å². The second-order valence-electron chi connectivity index (χ2n) is 5.10. The Balaban J connectivity index is 1.73. The predicted octanol–water partition coefficient (Wildman–Crippen LogP) is 1.40. The van der Waals surface area contributed by atoms with Gasteiger partial charge in [-0.1, -0.05) is 18.2 Å². The number of para-hydroxylation sites is 1. The molecule has 2 aromatic rings. The van der Waals surface area contributed by atoms with E-state index in [-0.39, 0.29) is 18.4 Å². The maximum absolute atomic E-state index is 12.2. The number of benzene rings is 1. The average Bonchev–Trinajstić information content (AvgIpc) is 2.57. The molecule has 0 radical (unpaired) electrons. The molecule has 2 heterocycles. The molecule has 7 heteroatoms. The molecule has 118 valence electrons. The van der Waals surface area contributed by atoms with Crippen molar-refractivity contribution in [3.63, 3.8) is 0 Å². The standard InChI is InChI=1S/C16H16N4O3/c1-23-15-8-13(17-10-18-15)19-14(21)9-20-12-5-3-2-4-11(12)6-7-16(20)22/h2-5,8,10H,6-7,9H2,1H3,(H,17,18,19,21). The van der Waals surface area contributed by atoms with Crippen LogP contribution >= 0.6 is 0 Å². The molecule has 1 aromatic carbocycles. The first-order valence-corrected chi connectivity index (χ1v) is 7.21. The predicted molar refractivity (Wildman–Crippen MR) is 84.3 cm³/mol. The van der Waals surface area contributed by atoms with Gasteiger partial charge in [0.1, 0.15) is 18.7 Å². The van der Waals surface area contributed by atoms with Crippen molar-refractivity contribution in [3.05, 3.63) is 42.2 Å². The Bertz CT molecular complexity index is 748. The number of fused-ring (bicyclic) bond motifs is 1. The van der Waals surface area contributed by atoms with Crippen LogP contribution in [0.3, 0.4) is 0 Å². The molecule has 0 unspecified atom stereocenters. The van der Waals surface area contributed by atoms with Crippen molar-refractivity contribution in [1.82, 2.24) is 9.97 Å². The lowest BCUT2D eigenvalue weighted by Gasteiger charge is -2.28. The van der Waals surface area contributed by atoms with Crippen molar-refractivity contribution < 1.29 is 14.3 Å². The van der Waals surface area contributed by atoms with E-state index in [2.05, 4.69) is 15.3 Å². The van der Waals surface area contributed by atoms with Crippen LogP contribution in [0.5, 0.6) is 5.88 Å². The molecule has 3 rings (SSSR count). The van der Waals surface area contributed by atoms with Crippen LogP contribution in [-0.2, 0) is 16.0 Å². The van der Waals surface area contributed by atoms with Crippen molar-refractivity contribution in [2.24, 2.45) is 0 Å². The molecular weight excluding hydrogens is 296 g/mol. The number of nitrogens with one attached hydrogen (secondary N) is 1. The Morgan fingerprint density at radius 1 is 1.30 bits per heavy atom. The quantitative estimate of drug-likeness (QED) is 0.922. The molecule has 2 amide bonds. The van der Waals surface area contributed by atoms with E-state index in [4.69, 9.17) is 4.74 Å². The number of hydrogen-bond acceptors (Lipinski definition) is 5. The summed E-state index contributed by atoms with van der Waals surface area (Å²) in [6, 6.07) is 9.14. The Kier molecular flexibility index (Phi) is 4.18. The summed E-state index contributed by atoms with van der Waals surface area (Å²) in [4.78, 5) is 33.7. The molecule has 0 bridgehead atoms. The minimum atomic E-state index is -0.323. The van der Waals surface area contributed by atoms with Crippen molar-refractivity contribution in [3.8, 4) is 5.88 Å². The first kappa shape index (κ1) is 15.0. The average molecular weight is 312 g/mol. The van der Waals surface area contributed by atoms with Crippen LogP contribution in [0.25, 0.3) is 0 Å². The van der Waals surface area contributed by atoms with Crippen LogP contribution in [0.2, 0.25) is 0 Å². The van der Waals surface area contributed by atoms with E-state index in [0.29, 0.717) is 24.5 Å². The number of methoxy groups -OCH3 is 1. The zero-order chi connectivity index (χ0) is 16.2. The van der Waals surface area contributed by atoms with Crippen LogP contribution in [0, 0.1) is 0 Å². The minimum Gasteiger partial charge on any atom is -0.481 e. The third-order valence-electron chi connectivity index (χ3n) is 3.61. The molecule has 1 N–H and O–H groups in total. The van der Waals surface area contributed by atoms with Crippen LogP contribution in [0.4, 0.5) is 11.5 Å². The van der Waals surface area contributed by atoms with Crippen molar-refractivity contribution in [1.29, 1.82) is 0 Å². The number of nitrogens with zero attached hydrogens (tertiary/aromatic N) is 3. The molecule has 0 saturated carbocycles. The number of ether oxygens (including phenoxy) is 1. The highest BCUT2D eigenvalue weighted by Crippen LogP contribution is 2.27. The molecule has 0 spiro atoms. The monoisotopic (exact) mass is 312 g/mol. The molecule has 1 aliphatic heterocycles. The highest BCUT2D eigenvalue weighted by Gasteiger charge is 2.25. The third-order valence-corrected chi connectivity index (χ3v) is 3.61. The normalized spacial score (nSPS) is 13.4. The number of carbonyl (C=O) groups excluding carboxylic acids is 2. The molecule has 1 aliphatic rings. The van der Waals surface area contributed by atoms with Crippen molar-refractivity contribution in [2.75, 3.05) is 23.9 Å². The molecule has 0 fully saturated rings. The molecular formula is C16H16N4O3. The van der Waals surface area contributed by atoms with Crippen LogP contribution in [-0.4, -0.2) is 35.4 Å². The topological polar surface area (TPSA) is 84.4 Å². The van der Waals surface area contributed by atoms with E-state index in [9.17, 15) is 9.59 Å². The number of rotatable bonds is 4. The highest BCUT2D eigenvalue weighted by atomic mass is 16.5. The zero-order valence-corrected chi connectivity index (χ0v) is 12.7. The van der Waals surface area contributed by atoms with Gasteiger partial charge in [0.15, 0.2) is 0 Å². The highest BCUT2D eigenvalue weighted by molar-refractivity contribution is 6.03. The summed E-state index contributed by atoms with van der Waals surface area (Å²) in [5.74, 6) is 0.309. The Hall–Kier alpha value is -2.96. The fourth-order valence-corrected chi connectivity index (χ4v) is 2.52. The lowest BCUT2D eigenvalue weighted by atomic mass is 10.0. The van der Waals surface area contributed by atoms with E-state index in [1.165, 1.54) is 24.4 Å². The van der Waals surface area contributed by atoms with Gasteiger partial charge >= 0.3 is 0 Å². The van der Waals surface area contributed by atoms with Gasteiger partial charge in [0.2, 0.25) is 17.7 Å². The second kappa shape index (κ2) is 6.43. The number of amides is 2. The van der Waals surface area contributed by atoms with Crippen LogP contribution < -0.4 is 15.0 Å². The van der Waals surface area contributed by atoms with Gasteiger partial charge < -0.3 is 15.0 Å². The first-order chi connectivity index (χ1) is 11.2. The molecule has 0 saturated heterocycles. The van der Waals surface area contributed by atoms with Gasteiger partial charge in [0.05, 0.1) is 7.11 Å². The van der Waals surface area contributed by atoms with Gasteiger partial charge in [-0.15, -0.1) is 0 Å². The summed E-state index contributed by atoms with van der Waals surface area (Å²) in [5.41, 5.74) is 1.86. The van der Waals surface area contributed by atoms with Gasteiger partial charge in [0, 0.05) is 18.2 Å². The largest absolute Gasteiger partial charge is 0.481 e.